The predicted molar refractivity (Wildman–Crippen MR) is 117 cm³/mol. The average molecular weight is 407 g/mol. The first-order valence-corrected chi connectivity index (χ1v) is 10.2. The van der Waals surface area contributed by atoms with Gasteiger partial charge in [-0.2, -0.15) is 0 Å². The topological polar surface area (TPSA) is 49.4 Å². The molecule has 1 aliphatic heterocycles. The summed E-state index contributed by atoms with van der Waals surface area (Å²) >= 11 is 6.00. The highest BCUT2D eigenvalue weighted by Crippen LogP contribution is 2.25. The Kier molecular flexibility index (Phi) is 5.54. The van der Waals surface area contributed by atoms with E-state index in [9.17, 15) is 9.59 Å². The zero-order valence-corrected chi connectivity index (χ0v) is 17.1. The van der Waals surface area contributed by atoms with Gasteiger partial charge in [-0.1, -0.05) is 48.0 Å². The number of likely N-dealkylation sites (tertiary alicyclic amines) is 1. The van der Waals surface area contributed by atoms with Crippen LogP contribution < -0.4 is 5.32 Å². The van der Waals surface area contributed by atoms with Crippen molar-refractivity contribution in [3.63, 3.8) is 0 Å². The van der Waals surface area contributed by atoms with Crippen LogP contribution in [0.15, 0.2) is 60.7 Å². The number of carbonyl (C=O) groups excluding carboxylic acids is 2. The molecule has 1 unspecified atom stereocenters. The molecule has 4 rings (SSSR count). The molecule has 4 nitrogen and oxygen atoms in total. The van der Waals surface area contributed by atoms with Gasteiger partial charge in [0, 0.05) is 29.4 Å². The zero-order chi connectivity index (χ0) is 20.4. The van der Waals surface area contributed by atoms with E-state index in [0.29, 0.717) is 23.7 Å². The molecule has 0 aromatic heterocycles. The van der Waals surface area contributed by atoms with E-state index >= 15 is 0 Å². The average Bonchev–Trinajstić information content (AvgIpc) is 2.75. The number of rotatable bonds is 3. The van der Waals surface area contributed by atoms with E-state index in [1.165, 1.54) is 0 Å². The fourth-order valence-electron chi connectivity index (χ4n) is 3.96. The number of hydrogen-bond donors (Lipinski definition) is 1. The van der Waals surface area contributed by atoms with Crippen molar-refractivity contribution < 1.29 is 9.59 Å². The largest absolute Gasteiger partial charge is 0.338 e. The minimum atomic E-state index is -0.224. The van der Waals surface area contributed by atoms with Gasteiger partial charge in [0.2, 0.25) is 5.91 Å². The molecule has 3 aromatic rings. The van der Waals surface area contributed by atoms with Crippen molar-refractivity contribution >= 4 is 39.9 Å². The van der Waals surface area contributed by atoms with Crippen molar-refractivity contribution in [2.75, 3.05) is 18.4 Å². The van der Waals surface area contributed by atoms with Crippen LogP contribution in [0.3, 0.4) is 0 Å². The van der Waals surface area contributed by atoms with Crippen molar-refractivity contribution in [1.82, 2.24) is 4.90 Å². The lowest BCUT2D eigenvalue weighted by Gasteiger charge is -2.32. The van der Waals surface area contributed by atoms with Gasteiger partial charge in [0.25, 0.3) is 5.91 Å². The van der Waals surface area contributed by atoms with Gasteiger partial charge in [0.15, 0.2) is 0 Å². The molecule has 1 N–H and O–H groups in total. The van der Waals surface area contributed by atoms with Gasteiger partial charge in [-0.25, -0.2) is 0 Å². The number of benzene rings is 3. The SMILES string of the molecule is Cc1cc(Cl)ccc1NC(=O)C1CCCN(C(=O)c2cccc3ccccc23)C1. The van der Waals surface area contributed by atoms with Crippen LogP contribution in [0.25, 0.3) is 10.8 Å². The van der Waals surface area contributed by atoms with Gasteiger partial charge in [0.1, 0.15) is 0 Å². The Morgan fingerprint density at radius 2 is 1.86 bits per heavy atom. The molecule has 1 heterocycles. The lowest BCUT2D eigenvalue weighted by molar-refractivity contribution is -0.121. The summed E-state index contributed by atoms with van der Waals surface area (Å²) in [5.41, 5.74) is 2.37. The van der Waals surface area contributed by atoms with Gasteiger partial charge in [0.05, 0.1) is 5.92 Å². The molecule has 0 radical (unpaired) electrons. The molecule has 1 atom stereocenters. The second-order valence-corrected chi connectivity index (χ2v) is 8.00. The van der Waals surface area contributed by atoms with Crippen LogP contribution in [-0.2, 0) is 4.79 Å². The predicted octanol–water partition coefficient (Wildman–Crippen LogP) is 5.29. The molecular weight excluding hydrogens is 384 g/mol. The van der Waals surface area contributed by atoms with Crippen LogP contribution in [0, 0.1) is 12.8 Å². The summed E-state index contributed by atoms with van der Waals surface area (Å²) in [4.78, 5) is 27.9. The van der Waals surface area contributed by atoms with Crippen LogP contribution in [0.5, 0.6) is 0 Å². The number of amides is 2. The number of carbonyl (C=O) groups is 2. The minimum absolute atomic E-state index is 0.0121. The molecule has 148 valence electrons. The fraction of sp³-hybridized carbons (Fsp3) is 0.250. The molecular formula is C24H23ClN2O2. The molecule has 0 bridgehead atoms. The molecule has 2 amide bonds. The van der Waals surface area contributed by atoms with E-state index < -0.39 is 0 Å². The van der Waals surface area contributed by atoms with Crippen molar-refractivity contribution in [3.05, 3.63) is 76.8 Å². The lowest BCUT2D eigenvalue weighted by Crippen LogP contribution is -2.43. The van der Waals surface area contributed by atoms with Gasteiger partial charge in [-0.3, -0.25) is 9.59 Å². The number of nitrogens with zero attached hydrogens (tertiary/aromatic N) is 1. The third-order valence-electron chi connectivity index (χ3n) is 5.55. The highest BCUT2D eigenvalue weighted by Gasteiger charge is 2.29. The third kappa shape index (κ3) is 4.13. The highest BCUT2D eigenvalue weighted by molar-refractivity contribution is 6.30. The summed E-state index contributed by atoms with van der Waals surface area (Å²) in [6.45, 7) is 3.02. The van der Waals surface area contributed by atoms with E-state index in [0.717, 1.165) is 34.9 Å². The lowest BCUT2D eigenvalue weighted by atomic mass is 9.95. The van der Waals surface area contributed by atoms with Crippen LogP contribution in [0.4, 0.5) is 5.69 Å². The summed E-state index contributed by atoms with van der Waals surface area (Å²) in [6.07, 6.45) is 1.59. The van der Waals surface area contributed by atoms with Crippen molar-refractivity contribution in [2.45, 2.75) is 19.8 Å². The maximum Gasteiger partial charge on any atom is 0.254 e. The van der Waals surface area contributed by atoms with Crippen LogP contribution in [0.2, 0.25) is 5.02 Å². The monoisotopic (exact) mass is 406 g/mol. The van der Waals surface area contributed by atoms with Crippen molar-refractivity contribution in [3.8, 4) is 0 Å². The summed E-state index contributed by atoms with van der Waals surface area (Å²) in [5, 5.41) is 5.64. The molecule has 1 aliphatic rings. The molecule has 1 fully saturated rings. The van der Waals surface area contributed by atoms with E-state index in [-0.39, 0.29) is 17.7 Å². The Labute approximate surface area is 175 Å². The Morgan fingerprint density at radius 1 is 1.07 bits per heavy atom. The maximum atomic E-state index is 13.2. The number of aryl methyl sites for hydroxylation is 1. The first-order valence-electron chi connectivity index (χ1n) is 9.87. The number of hydrogen-bond acceptors (Lipinski definition) is 2. The quantitative estimate of drug-likeness (QED) is 0.642. The Bertz CT molecular complexity index is 1070. The third-order valence-corrected chi connectivity index (χ3v) is 5.78. The Morgan fingerprint density at radius 3 is 2.69 bits per heavy atom. The molecule has 0 spiro atoms. The number of nitrogens with one attached hydrogen (secondary N) is 1. The van der Waals surface area contributed by atoms with Gasteiger partial charge in [-0.05, 0) is 60.4 Å². The van der Waals surface area contributed by atoms with Gasteiger partial charge < -0.3 is 10.2 Å². The molecule has 1 saturated heterocycles. The maximum absolute atomic E-state index is 13.2. The summed E-state index contributed by atoms with van der Waals surface area (Å²) in [7, 11) is 0. The molecule has 3 aromatic carbocycles. The summed E-state index contributed by atoms with van der Waals surface area (Å²) < 4.78 is 0. The van der Waals surface area contributed by atoms with Crippen LogP contribution in [0.1, 0.15) is 28.8 Å². The molecule has 0 aliphatic carbocycles. The van der Waals surface area contributed by atoms with E-state index in [1.54, 1.807) is 6.07 Å². The normalized spacial score (nSPS) is 16.6. The second kappa shape index (κ2) is 8.26. The van der Waals surface area contributed by atoms with E-state index in [4.69, 9.17) is 11.6 Å². The Balaban J connectivity index is 1.50. The summed E-state index contributed by atoms with van der Waals surface area (Å²) in [6, 6.07) is 19.1. The zero-order valence-electron chi connectivity index (χ0n) is 16.3. The van der Waals surface area contributed by atoms with Crippen molar-refractivity contribution in [2.24, 2.45) is 5.92 Å². The van der Waals surface area contributed by atoms with Gasteiger partial charge in [-0.15, -0.1) is 0 Å². The first-order chi connectivity index (χ1) is 14.0. The Hall–Kier alpha value is -2.85. The smallest absolute Gasteiger partial charge is 0.254 e. The van der Waals surface area contributed by atoms with E-state index in [2.05, 4.69) is 5.32 Å². The number of piperidine rings is 1. The van der Waals surface area contributed by atoms with Crippen LogP contribution in [-0.4, -0.2) is 29.8 Å². The standard InChI is InChI=1S/C24H23ClN2O2/c1-16-14-19(25)11-12-22(16)26-23(28)18-8-5-13-27(15-18)24(29)21-10-4-7-17-6-2-3-9-20(17)21/h2-4,6-7,9-12,14,18H,5,8,13,15H2,1H3,(H,26,28). The number of fused-ring (bicyclic) bond motifs is 1. The number of anilines is 1. The fourth-order valence-corrected chi connectivity index (χ4v) is 4.19. The van der Waals surface area contributed by atoms with Crippen molar-refractivity contribution in [1.29, 1.82) is 0 Å². The van der Waals surface area contributed by atoms with E-state index in [1.807, 2.05) is 66.4 Å². The molecule has 29 heavy (non-hydrogen) atoms. The second-order valence-electron chi connectivity index (χ2n) is 7.57. The molecule has 0 saturated carbocycles. The molecule has 5 heteroatoms. The van der Waals surface area contributed by atoms with Crippen LogP contribution >= 0.6 is 11.6 Å². The first kappa shape index (κ1) is 19.5. The highest BCUT2D eigenvalue weighted by atomic mass is 35.5. The van der Waals surface area contributed by atoms with Gasteiger partial charge >= 0.3 is 0 Å². The summed E-state index contributed by atoms with van der Waals surface area (Å²) in [5.74, 6) is -0.287. The minimum Gasteiger partial charge on any atom is -0.338 e. The number of halogens is 1.